The van der Waals surface area contributed by atoms with Gasteiger partial charge in [0.05, 0.1) is 12.1 Å². The van der Waals surface area contributed by atoms with Crippen molar-refractivity contribution >= 4 is 25.9 Å². The summed E-state index contributed by atoms with van der Waals surface area (Å²) in [6.07, 6.45) is 5.57. The molecule has 0 spiro atoms. The molecule has 0 aliphatic heterocycles. The number of rotatable bonds is 10. The summed E-state index contributed by atoms with van der Waals surface area (Å²) in [5.41, 5.74) is 1.83. The van der Waals surface area contributed by atoms with Crippen LogP contribution in [0.3, 0.4) is 0 Å². The van der Waals surface area contributed by atoms with Crippen LogP contribution in [0.5, 0.6) is 0 Å². The number of carbonyl (C=O) groups is 1. The lowest BCUT2D eigenvalue weighted by molar-refractivity contribution is 0.0491. The number of ether oxygens (including phenoxy) is 1. The number of fused-ring (bicyclic) bond motifs is 1. The smallest absolute Gasteiger partial charge is 0.408 e. The second kappa shape index (κ2) is 13.4. The van der Waals surface area contributed by atoms with Crippen molar-refractivity contribution < 1.29 is 14.0 Å². The maximum absolute atomic E-state index is 12.9. The van der Waals surface area contributed by atoms with Crippen LogP contribution in [0.4, 0.5) is 4.79 Å². The van der Waals surface area contributed by atoms with E-state index in [0.29, 0.717) is 6.42 Å². The summed E-state index contributed by atoms with van der Waals surface area (Å²) in [6.45, 7) is 16.8. The minimum absolute atomic E-state index is 0.0423. The molecule has 5 heteroatoms. The largest absolute Gasteiger partial charge is 0.444 e. The van der Waals surface area contributed by atoms with Gasteiger partial charge in [0.15, 0.2) is 0 Å². The molecule has 1 N–H and O–H groups in total. The SMILES string of the molecule is C[Si](C)OC(C(/C=C/[C@@H](Cc1ccc2ccccc2c1)NC(=O)OC(C)(C)C)Cc1ccccc1)C(C)(C)C. The van der Waals surface area contributed by atoms with Crippen LogP contribution in [0.15, 0.2) is 84.9 Å². The summed E-state index contributed by atoms with van der Waals surface area (Å²) >= 11 is 0. The highest BCUT2D eigenvalue weighted by molar-refractivity contribution is 6.48. The van der Waals surface area contributed by atoms with E-state index in [0.717, 1.165) is 12.0 Å². The molecule has 0 bridgehead atoms. The molecule has 1 radical (unpaired) electrons. The summed E-state index contributed by atoms with van der Waals surface area (Å²) in [4.78, 5) is 12.9. The van der Waals surface area contributed by atoms with Crippen molar-refractivity contribution in [3.8, 4) is 0 Å². The first-order valence-corrected chi connectivity index (χ1v) is 16.4. The molecule has 2 unspecified atom stereocenters. The predicted octanol–water partition coefficient (Wildman–Crippen LogP) is 8.37. The summed E-state index contributed by atoms with van der Waals surface area (Å²) in [5.74, 6) is 0.145. The van der Waals surface area contributed by atoms with Gasteiger partial charge in [-0.2, -0.15) is 0 Å². The maximum atomic E-state index is 12.9. The lowest BCUT2D eigenvalue weighted by Crippen LogP contribution is -2.41. The molecule has 0 saturated heterocycles. The monoisotopic (exact) mass is 544 g/mol. The predicted molar refractivity (Wildman–Crippen MR) is 165 cm³/mol. The topological polar surface area (TPSA) is 47.6 Å². The molecule has 0 heterocycles. The molecule has 3 atom stereocenters. The third-order valence-electron chi connectivity index (χ3n) is 6.48. The van der Waals surface area contributed by atoms with Gasteiger partial charge in [0.25, 0.3) is 0 Å². The minimum atomic E-state index is -0.920. The Morgan fingerprint density at radius 1 is 0.821 bits per heavy atom. The average Bonchev–Trinajstić information content (AvgIpc) is 2.83. The van der Waals surface area contributed by atoms with Gasteiger partial charge in [0, 0.05) is 5.92 Å². The first-order valence-electron chi connectivity index (χ1n) is 14.0. The highest BCUT2D eigenvalue weighted by Gasteiger charge is 2.33. The molecule has 3 aromatic rings. The van der Waals surface area contributed by atoms with Gasteiger partial charge in [-0.3, -0.25) is 0 Å². The third-order valence-corrected chi connectivity index (χ3v) is 7.21. The molecule has 1 amide bonds. The molecule has 3 aromatic carbocycles. The van der Waals surface area contributed by atoms with Crippen LogP contribution in [-0.4, -0.2) is 32.9 Å². The molecule has 0 saturated carbocycles. The molecular formula is C34H46NO3Si. The fourth-order valence-electron chi connectivity index (χ4n) is 4.85. The number of alkyl carbamates (subject to hydrolysis) is 1. The fourth-order valence-corrected chi connectivity index (χ4v) is 5.88. The van der Waals surface area contributed by atoms with Crippen LogP contribution in [-0.2, 0) is 22.0 Å². The molecule has 4 nitrogen and oxygen atoms in total. The Hall–Kier alpha value is -2.89. The quantitative estimate of drug-likeness (QED) is 0.206. The summed E-state index contributed by atoms with van der Waals surface area (Å²) in [6, 6.07) is 25.2. The molecule has 0 aromatic heterocycles. The standard InChI is InChI=1S/C34H46NO3Si/c1-33(2,3)31(38-39(7)8)29(22-25-14-10-9-11-15-25)20-21-30(35-32(36)37-34(4,5)6)24-26-18-19-27-16-12-13-17-28(27)23-26/h9-21,23,29-31H,22,24H2,1-8H3,(H,35,36)/b21-20+/t29?,30-,31?/m0/s1. The van der Waals surface area contributed by atoms with Crippen molar-refractivity contribution in [3.05, 3.63) is 96.1 Å². The molecule has 0 aliphatic carbocycles. The van der Waals surface area contributed by atoms with Crippen molar-refractivity contribution in [2.45, 2.75) is 85.2 Å². The molecule has 39 heavy (non-hydrogen) atoms. The van der Waals surface area contributed by atoms with Gasteiger partial charge < -0.3 is 14.5 Å². The minimum Gasteiger partial charge on any atom is -0.444 e. The highest BCUT2D eigenvalue weighted by atomic mass is 28.3. The summed E-state index contributed by atoms with van der Waals surface area (Å²) in [7, 11) is -0.920. The Bertz CT molecular complexity index is 1220. The Morgan fingerprint density at radius 2 is 1.46 bits per heavy atom. The van der Waals surface area contributed by atoms with Crippen molar-refractivity contribution in [2.75, 3.05) is 0 Å². The number of benzene rings is 3. The van der Waals surface area contributed by atoms with Crippen molar-refractivity contribution in [1.29, 1.82) is 0 Å². The maximum Gasteiger partial charge on any atom is 0.408 e. The lowest BCUT2D eigenvalue weighted by Gasteiger charge is -2.37. The van der Waals surface area contributed by atoms with Gasteiger partial charge in [-0.25, -0.2) is 4.79 Å². The van der Waals surface area contributed by atoms with Crippen LogP contribution in [0.2, 0.25) is 13.1 Å². The van der Waals surface area contributed by atoms with E-state index in [1.165, 1.54) is 16.3 Å². The van der Waals surface area contributed by atoms with Gasteiger partial charge in [-0.15, -0.1) is 0 Å². The van der Waals surface area contributed by atoms with E-state index in [2.05, 4.69) is 124 Å². The van der Waals surface area contributed by atoms with Crippen LogP contribution >= 0.6 is 0 Å². The third kappa shape index (κ3) is 10.3. The number of carbonyl (C=O) groups excluding carboxylic acids is 1. The Morgan fingerprint density at radius 3 is 2.08 bits per heavy atom. The van der Waals surface area contributed by atoms with Gasteiger partial charge in [-0.05, 0) is 74.0 Å². The summed E-state index contributed by atoms with van der Waals surface area (Å²) in [5, 5.41) is 5.53. The summed E-state index contributed by atoms with van der Waals surface area (Å²) < 4.78 is 12.3. The van der Waals surface area contributed by atoms with Crippen molar-refractivity contribution in [1.82, 2.24) is 5.32 Å². The normalized spacial score (nSPS) is 14.9. The zero-order valence-electron chi connectivity index (χ0n) is 25.0. The van der Waals surface area contributed by atoms with Gasteiger partial charge >= 0.3 is 6.09 Å². The van der Waals surface area contributed by atoms with Gasteiger partial charge in [-0.1, -0.05) is 106 Å². The molecule has 209 valence electrons. The zero-order valence-corrected chi connectivity index (χ0v) is 26.0. The number of hydrogen-bond acceptors (Lipinski definition) is 3. The number of hydrogen-bond donors (Lipinski definition) is 1. The van der Waals surface area contributed by atoms with E-state index in [1.807, 2.05) is 20.8 Å². The second-order valence-electron chi connectivity index (χ2n) is 12.7. The van der Waals surface area contributed by atoms with Crippen LogP contribution in [0.1, 0.15) is 52.7 Å². The molecule has 0 aliphatic rings. The number of amides is 1. The van der Waals surface area contributed by atoms with E-state index in [1.54, 1.807) is 0 Å². The zero-order chi connectivity index (χ0) is 28.6. The van der Waals surface area contributed by atoms with E-state index in [9.17, 15) is 4.79 Å². The molecule has 0 fully saturated rings. The van der Waals surface area contributed by atoms with Crippen molar-refractivity contribution in [3.63, 3.8) is 0 Å². The number of nitrogens with one attached hydrogen (secondary N) is 1. The first-order chi connectivity index (χ1) is 18.3. The van der Waals surface area contributed by atoms with E-state index >= 15 is 0 Å². The molecule has 3 rings (SSSR count). The van der Waals surface area contributed by atoms with Gasteiger partial charge in [0.1, 0.15) is 5.60 Å². The van der Waals surface area contributed by atoms with E-state index < -0.39 is 20.7 Å². The van der Waals surface area contributed by atoms with E-state index in [4.69, 9.17) is 9.16 Å². The Labute approximate surface area is 237 Å². The van der Waals surface area contributed by atoms with E-state index in [-0.39, 0.29) is 23.5 Å². The highest BCUT2D eigenvalue weighted by Crippen LogP contribution is 2.32. The van der Waals surface area contributed by atoms with Crippen molar-refractivity contribution in [2.24, 2.45) is 11.3 Å². The molecular weight excluding hydrogens is 498 g/mol. The first kappa shape index (κ1) is 30.6. The van der Waals surface area contributed by atoms with Crippen LogP contribution in [0, 0.1) is 11.3 Å². The van der Waals surface area contributed by atoms with Gasteiger partial charge in [0.2, 0.25) is 9.04 Å². The van der Waals surface area contributed by atoms with Crippen LogP contribution in [0.25, 0.3) is 10.8 Å². The van der Waals surface area contributed by atoms with Crippen LogP contribution < -0.4 is 5.32 Å². The fraction of sp³-hybridized carbons (Fsp3) is 0.441. The lowest BCUT2D eigenvalue weighted by atomic mass is 9.78. The Balaban J connectivity index is 1.94. The second-order valence-corrected chi connectivity index (χ2v) is 14.7. The average molecular weight is 545 g/mol. The Kier molecular flexibility index (Phi) is 10.6.